The summed E-state index contributed by atoms with van der Waals surface area (Å²) in [7, 11) is 3.21. The molecule has 0 aliphatic heterocycles. The Balaban J connectivity index is 1.45. The monoisotopic (exact) mass is 452 g/mol. The highest BCUT2D eigenvalue weighted by Crippen LogP contribution is 2.36. The lowest BCUT2D eigenvalue weighted by Gasteiger charge is -2.14. The normalized spacial score (nSPS) is 10.9. The van der Waals surface area contributed by atoms with Gasteiger partial charge in [-0.3, -0.25) is 0 Å². The van der Waals surface area contributed by atoms with Crippen LogP contribution in [0.4, 0.5) is 11.5 Å². The van der Waals surface area contributed by atoms with Crippen LogP contribution in [0.2, 0.25) is 0 Å². The zero-order valence-corrected chi connectivity index (χ0v) is 19.4. The summed E-state index contributed by atoms with van der Waals surface area (Å²) in [5, 5.41) is 5.26. The molecule has 0 bridgehead atoms. The first-order valence-electron chi connectivity index (χ1n) is 10.8. The van der Waals surface area contributed by atoms with Gasteiger partial charge in [0.25, 0.3) is 0 Å². The fourth-order valence-electron chi connectivity index (χ4n) is 3.88. The van der Waals surface area contributed by atoms with Crippen LogP contribution in [-0.2, 0) is 0 Å². The summed E-state index contributed by atoms with van der Waals surface area (Å²) in [4.78, 5) is 13.5. The number of para-hydroxylation sites is 1. The quantitative estimate of drug-likeness (QED) is 0.322. The van der Waals surface area contributed by atoms with Crippen LogP contribution < -0.4 is 19.5 Å². The Hall–Kier alpha value is -4.39. The second kappa shape index (κ2) is 8.86. The van der Waals surface area contributed by atoms with Gasteiger partial charge in [0.2, 0.25) is 0 Å². The molecule has 2 heterocycles. The summed E-state index contributed by atoms with van der Waals surface area (Å²) < 4.78 is 17.1. The van der Waals surface area contributed by atoms with E-state index in [-0.39, 0.29) is 0 Å². The zero-order chi connectivity index (χ0) is 23.7. The number of fused-ring (bicyclic) bond motifs is 2. The maximum atomic E-state index is 6.26. The predicted octanol–water partition coefficient (Wildman–Crippen LogP) is 6.35. The molecule has 0 saturated heterocycles. The standard InChI is InChI=1S/C27H24N4O3/c1-16-12-19(31-27-20-13-24(32-3)25(33-4)14-21(20)28-15-29-27)10-11-22(16)34-23-7-5-6-18-9-8-17(2)30-26(18)23/h5-15H,1-4H3,(H,28,29,31). The van der Waals surface area contributed by atoms with Gasteiger partial charge < -0.3 is 19.5 Å². The summed E-state index contributed by atoms with van der Waals surface area (Å²) in [6.07, 6.45) is 1.52. The minimum Gasteiger partial charge on any atom is -0.493 e. The van der Waals surface area contributed by atoms with Crippen molar-refractivity contribution in [2.45, 2.75) is 13.8 Å². The van der Waals surface area contributed by atoms with Gasteiger partial charge in [0.1, 0.15) is 23.4 Å². The lowest BCUT2D eigenvalue weighted by molar-refractivity contribution is 0.356. The molecule has 1 N–H and O–H groups in total. The number of pyridine rings is 1. The third kappa shape index (κ3) is 4.03. The summed E-state index contributed by atoms with van der Waals surface area (Å²) in [6.45, 7) is 3.99. The highest BCUT2D eigenvalue weighted by atomic mass is 16.5. The minimum atomic E-state index is 0.617. The third-order valence-corrected chi connectivity index (χ3v) is 5.62. The Morgan fingerprint density at radius 2 is 1.59 bits per heavy atom. The molecule has 0 spiro atoms. The molecule has 170 valence electrons. The van der Waals surface area contributed by atoms with Gasteiger partial charge in [0, 0.05) is 28.2 Å². The Labute approximate surface area is 197 Å². The van der Waals surface area contributed by atoms with Gasteiger partial charge in [-0.05, 0) is 55.8 Å². The molecular formula is C27H24N4O3. The van der Waals surface area contributed by atoms with Crippen LogP contribution in [0.25, 0.3) is 21.8 Å². The third-order valence-electron chi connectivity index (χ3n) is 5.62. The number of nitrogens with one attached hydrogen (secondary N) is 1. The molecule has 5 rings (SSSR count). The second-order valence-electron chi connectivity index (χ2n) is 7.93. The van der Waals surface area contributed by atoms with Crippen molar-refractivity contribution in [2.75, 3.05) is 19.5 Å². The van der Waals surface area contributed by atoms with Crippen LogP contribution >= 0.6 is 0 Å². The number of hydrogen-bond donors (Lipinski definition) is 1. The van der Waals surface area contributed by atoms with Gasteiger partial charge in [0.05, 0.1) is 19.7 Å². The number of rotatable bonds is 6. The molecule has 7 nitrogen and oxygen atoms in total. The van der Waals surface area contributed by atoms with Crippen molar-refractivity contribution in [3.63, 3.8) is 0 Å². The first-order valence-corrected chi connectivity index (χ1v) is 10.8. The predicted molar refractivity (Wildman–Crippen MR) is 134 cm³/mol. The first kappa shape index (κ1) is 21.5. The molecule has 5 aromatic rings. The van der Waals surface area contributed by atoms with Crippen LogP contribution in [0.3, 0.4) is 0 Å². The zero-order valence-electron chi connectivity index (χ0n) is 19.4. The van der Waals surface area contributed by atoms with E-state index in [1.165, 1.54) is 6.33 Å². The summed E-state index contributed by atoms with van der Waals surface area (Å²) in [5.41, 5.74) is 4.41. The second-order valence-corrected chi connectivity index (χ2v) is 7.93. The largest absolute Gasteiger partial charge is 0.493 e. The molecule has 0 amide bonds. The van der Waals surface area contributed by atoms with Crippen LogP contribution in [-0.4, -0.2) is 29.2 Å². The Morgan fingerprint density at radius 1 is 0.765 bits per heavy atom. The van der Waals surface area contributed by atoms with Gasteiger partial charge in [0.15, 0.2) is 17.2 Å². The maximum Gasteiger partial charge on any atom is 0.162 e. The molecule has 0 atom stereocenters. The van der Waals surface area contributed by atoms with Crippen molar-refractivity contribution in [1.29, 1.82) is 0 Å². The van der Waals surface area contributed by atoms with E-state index in [9.17, 15) is 0 Å². The highest BCUT2D eigenvalue weighted by Gasteiger charge is 2.12. The fourth-order valence-corrected chi connectivity index (χ4v) is 3.88. The minimum absolute atomic E-state index is 0.617. The van der Waals surface area contributed by atoms with Crippen LogP contribution in [0.5, 0.6) is 23.0 Å². The van der Waals surface area contributed by atoms with Crippen molar-refractivity contribution in [2.24, 2.45) is 0 Å². The first-order chi connectivity index (χ1) is 16.6. The molecular weight excluding hydrogens is 428 g/mol. The number of aryl methyl sites for hydroxylation is 2. The number of anilines is 2. The van der Waals surface area contributed by atoms with Crippen LogP contribution in [0.1, 0.15) is 11.3 Å². The Bertz CT molecular complexity index is 1520. The molecule has 0 unspecified atom stereocenters. The van der Waals surface area contributed by atoms with Gasteiger partial charge in [-0.15, -0.1) is 0 Å². The van der Waals surface area contributed by atoms with E-state index in [2.05, 4.69) is 26.3 Å². The number of benzene rings is 3. The molecule has 0 aliphatic rings. The number of nitrogens with zero attached hydrogens (tertiary/aromatic N) is 3. The van der Waals surface area contributed by atoms with Crippen LogP contribution in [0.15, 0.2) is 67.0 Å². The average Bonchev–Trinajstić information content (AvgIpc) is 2.85. The van der Waals surface area contributed by atoms with Gasteiger partial charge in [-0.25, -0.2) is 15.0 Å². The van der Waals surface area contributed by atoms with Crippen molar-refractivity contribution in [3.8, 4) is 23.0 Å². The molecule has 3 aromatic carbocycles. The topological polar surface area (TPSA) is 78.4 Å². The molecule has 0 aliphatic carbocycles. The molecule has 0 fully saturated rings. The highest BCUT2D eigenvalue weighted by molar-refractivity contribution is 5.93. The summed E-state index contributed by atoms with van der Waals surface area (Å²) >= 11 is 0. The number of methoxy groups -OCH3 is 2. The van der Waals surface area contributed by atoms with Crippen molar-refractivity contribution < 1.29 is 14.2 Å². The van der Waals surface area contributed by atoms with Crippen LogP contribution in [0, 0.1) is 13.8 Å². The number of aromatic nitrogens is 3. The number of hydrogen-bond acceptors (Lipinski definition) is 7. The van der Waals surface area contributed by atoms with Crippen molar-refractivity contribution in [3.05, 3.63) is 78.2 Å². The van der Waals surface area contributed by atoms with Gasteiger partial charge in [-0.2, -0.15) is 0 Å². The van der Waals surface area contributed by atoms with E-state index in [4.69, 9.17) is 14.2 Å². The lowest BCUT2D eigenvalue weighted by Crippen LogP contribution is -1.99. The smallest absolute Gasteiger partial charge is 0.162 e. The van der Waals surface area contributed by atoms with Crippen molar-refractivity contribution >= 4 is 33.3 Å². The van der Waals surface area contributed by atoms with E-state index < -0.39 is 0 Å². The van der Waals surface area contributed by atoms with Gasteiger partial charge in [-0.1, -0.05) is 18.2 Å². The van der Waals surface area contributed by atoms with E-state index in [1.54, 1.807) is 14.2 Å². The fraction of sp³-hybridized carbons (Fsp3) is 0.148. The Kier molecular flexibility index (Phi) is 5.59. The number of ether oxygens (including phenoxy) is 3. The van der Waals surface area contributed by atoms with E-state index >= 15 is 0 Å². The summed E-state index contributed by atoms with van der Waals surface area (Å²) in [5.74, 6) is 3.41. The molecule has 2 aromatic heterocycles. The SMILES string of the molecule is COc1cc2ncnc(Nc3ccc(Oc4cccc5ccc(C)nc45)c(C)c3)c2cc1OC. The molecule has 7 heteroatoms. The van der Waals surface area contributed by atoms with Crippen molar-refractivity contribution in [1.82, 2.24) is 15.0 Å². The molecule has 34 heavy (non-hydrogen) atoms. The van der Waals surface area contributed by atoms with E-state index in [0.717, 1.165) is 50.2 Å². The maximum absolute atomic E-state index is 6.26. The van der Waals surface area contributed by atoms with Gasteiger partial charge >= 0.3 is 0 Å². The summed E-state index contributed by atoms with van der Waals surface area (Å²) in [6, 6.07) is 19.6. The Morgan fingerprint density at radius 3 is 2.38 bits per heavy atom. The molecule has 0 radical (unpaired) electrons. The van der Waals surface area contributed by atoms with E-state index in [1.807, 2.05) is 68.4 Å². The molecule has 0 saturated carbocycles. The average molecular weight is 453 g/mol. The lowest BCUT2D eigenvalue weighted by atomic mass is 10.1. The van der Waals surface area contributed by atoms with E-state index in [0.29, 0.717) is 17.3 Å².